The van der Waals surface area contributed by atoms with Crippen molar-refractivity contribution in [3.8, 4) is 0 Å². The second-order valence-corrected chi connectivity index (χ2v) is 4.98. The molecule has 0 aliphatic rings. The molecule has 0 spiro atoms. The lowest BCUT2D eigenvalue weighted by atomic mass is 10.2. The summed E-state index contributed by atoms with van der Waals surface area (Å²) in [5.74, 6) is -0.0780. The summed E-state index contributed by atoms with van der Waals surface area (Å²) >= 11 is 3.34. The number of carbonyl (C=O) groups excluding carboxylic acids is 1. The Bertz CT molecular complexity index is 560. The molecular weight excluding hydrogens is 294 g/mol. The van der Waals surface area contributed by atoms with E-state index in [1.807, 2.05) is 26.1 Å². The summed E-state index contributed by atoms with van der Waals surface area (Å²) in [6, 6.07) is 7.28. The lowest BCUT2D eigenvalue weighted by Gasteiger charge is -2.05. The van der Waals surface area contributed by atoms with Crippen LogP contribution < -0.4 is 5.32 Å². The van der Waals surface area contributed by atoms with E-state index in [-0.39, 0.29) is 5.91 Å². The summed E-state index contributed by atoms with van der Waals surface area (Å²) in [4.78, 5) is 11.9. The lowest BCUT2D eigenvalue weighted by Crippen LogP contribution is -2.22. The van der Waals surface area contributed by atoms with Crippen molar-refractivity contribution >= 4 is 21.8 Å². The molecule has 0 radical (unpaired) electrons. The number of nitrogens with zero attached hydrogens (tertiary/aromatic N) is 2. The molecule has 2 rings (SSSR count). The van der Waals surface area contributed by atoms with Crippen molar-refractivity contribution in [2.75, 3.05) is 0 Å². The van der Waals surface area contributed by atoms with Gasteiger partial charge in [-0.25, -0.2) is 0 Å². The molecule has 2 aromatic rings. The standard InChI is InChI=1S/C13H14BrN3O/c1-9-11(8-16-17(9)2)7-15-13(18)10-3-5-12(14)6-4-10/h3-6,8H,7H2,1-2H3,(H,15,18). The summed E-state index contributed by atoms with van der Waals surface area (Å²) in [5.41, 5.74) is 2.74. The molecule has 5 heteroatoms. The summed E-state index contributed by atoms with van der Waals surface area (Å²) < 4.78 is 2.75. The summed E-state index contributed by atoms with van der Waals surface area (Å²) in [7, 11) is 1.88. The normalized spacial score (nSPS) is 10.4. The van der Waals surface area contributed by atoms with Crippen LogP contribution in [0.3, 0.4) is 0 Å². The fourth-order valence-corrected chi connectivity index (χ4v) is 1.86. The highest BCUT2D eigenvalue weighted by atomic mass is 79.9. The SMILES string of the molecule is Cc1c(CNC(=O)c2ccc(Br)cc2)cnn1C. The highest BCUT2D eigenvalue weighted by Gasteiger charge is 2.07. The smallest absolute Gasteiger partial charge is 0.251 e. The van der Waals surface area contributed by atoms with Crippen molar-refractivity contribution in [2.45, 2.75) is 13.5 Å². The van der Waals surface area contributed by atoms with Gasteiger partial charge in [0.2, 0.25) is 0 Å². The highest BCUT2D eigenvalue weighted by molar-refractivity contribution is 9.10. The van der Waals surface area contributed by atoms with E-state index in [4.69, 9.17) is 0 Å². The van der Waals surface area contributed by atoms with Gasteiger partial charge in [-0.3, -0.25) is 9.48 Å². The Hall–Kier alpha value is -1.62. The van der Waals surface area contributed by atoms with Crippen molar-refractivity contribution in [3.05, 3.63) is 51.8 Å². The average Bonchev–Trinajstić information content (AvgIpc) is 2.68. The fourth-order valence-electron chi connectivity index (χ4n) is 1.60. The number of hydrogen-bond acceptors (Lipinski definition) is 2. The monoisotopic (exact) mass is 307 g/mol. The maximum Gasteiger partial charge on any atom is 0.251 e. The van der Waals surface area contributed by atoms with Crippen LogP contribution in [0.4, 0.5) is 0 Å². The van der Waals surface area contributed by atoms with Crippen LogP contribution in [0.5, 0.6) is 0 Å². The Balaban J connectivity index is 2.00. The van der Waals surface area contributed by atoms with Gasteiger partial charge in [0.25, 0.3) is 5.91 Å². The molecule has 0 aliphatic carbocycles. The van der Waals surface area contributed by atoms with Crippen LogP contribution in [0.25, 0.3) is 0 Å². The van der Waals surface area contributed by atoms with Crippen LogP contribution in [0.2, 0.25) is 0 Å². The molecule has 1 amide bonds. The number of amides is 1. The zero-order valence-electron chi connectivity index (χ0n) is 10.3. The first-order valence-electron chi connectivity index (χ1n) is 5.59. The zero-order valence-corrected chi connectivity index (χ0v) is 11.9. The van der Waals surface area contributed by atoms with Crippen LogP contribution in [-0.4, -0.2) is 15.7 Å². The number of rotatable bonds is 3. The Labute approximate surface area is 114 Å². The van der Waals surface area contributed by atoms with Crippen LogP contribution in [0.1, 0.15) is 21.6 Å². The van der Waals surface area contributed by atoms with Crippen LogP contribution in [0, 0.1) is 6.92 Å². The number of aromatic nitrogens is 2. The molecule has 1 N–H and O–H groups in total. The molecule has 1 aromatic heterocycles. The van der Waals surface area contributed by atoms with Gasteiger partial charge in [-0.1, -0.05) is 15.9 Å². The van der Waals surface area contributed by atoms with E-state index in [0.717, 1.165) is 15.7 Å². The third kappa shape index (κ3) is 2.79. The highest BCUT2D eigenvalue weighted by Crippen LogP contribution is 2.11. The molecule has 4 nitrogen and oxygen atoms in total. The van der Waals surface area contributed by atoms with E-state index in [1.165, 1.54) is 0 Å². The Morgan fingerprint density at radius 1 is 1.39 bits per heavy atom. The van der Waals surface area contributed by atoms with E-state index in [1.54, 1.807) is 23.0 Å². The van der Waals surface area contributed by atoms with Crippen molar-refractivity contribution in [3.63, 3.8) is 0 Å². The zero-order chi connectivity index (χ0) is 13.1. The molecule has 0 aliphatic heterocycles. The predicted octanol–water partition coefficient (Wildman–Crippen LogP) is 2.42. The first-order valence-corrected chi connectivity index (χ1v) is 6.38. The van der Waals surface area contributed by atoms with Gasteiger partial charge in [-0.15, -0.1) is 0 Å². The molecule has 0 saturated carbocycles. The van der Waals surface area contributed by atoms with E-state index >= 15 is 0 Å². The maximum absolute atomic E-state index is 11.9. The van der Waals surface area contributed by atoms with Gasteiger partial charge in [0.15, 0.2) is 0 Å². The van der Waals surface area contributed by atoms with Gasteiger partial charge in [-0.2, -0.15) is 5.10 Å². The number of aryl methyl sites for hydroxylation is 1. The van der Waals surface area contributed by atoms with E-state index in [9.17, 15) is 4.79 Å². The Morgan fingerprint density at radius 2 is 2.06 bits per heavy atom. The molecule has 0 fully saturated rings. The minimum absolute atomic E-state index is 0.0780. The van der Waals surface area contributed by atoms with Gasteiger partial charge >= 0.3 is 0 Å². The number of nitrogens with one attached hydrogen (secondary N) is 1. The third-order valence-electron chi connectivity index (χ3n) is 2.88. The molecule has 18 heavy (non-hydrogen) atoms. The largest absolute Gasteiger partial charge is 0.348 e. The quantitative estimate of drug-likeness (QED) is 0.946. The van der Waals surface area contributed by atoms with Crippen LogP contribution in [-0.2, 0) is 13.6 Å². The molecule has 0 unspecified atom stereocenters. The topological polar surface area (TPSA) is 46.9 Å². The van der Waals surface area contributed by atoms with Crippen LogP contribution >= 0.6 is 15.9 Å². The number of benzene rings is 1. The molecular formula is C13H14BrN3O. The van der Waals surface area contributed by atoms with Gasteiger partial charge in [0.05, 0.1) is 6.20 Å². The number of halogens is 1. The Morgan fingerprint density at radius 3 is 2.61 bits per heavy atom. The second-order valence-electron chi connectivity index (χ2n) is 4.07. The van der Waals surface area contributed by atoms with Crippen molar-refractivity contribution in [1.29, 1.82) is 0 Å². The Kier molecular flexibility index (Phi) is 3.81. The van der Waals surface area contributed by atoms with Crippen molar-refractivity contribution < 1.29 is 4.79 Å². The van der Waals surface area contributed by atoms with Gasteiger partial charge in [0.1, 0.15) is 0 Å². The first kappa shape index (κ1) is 12.8. The molecule has 0 atom stereocenters. The van der Waals surface area contributed by atoms with Gasteiger partial charge < -0.3 is 5.32 Å². The summed E-state index contributed by atoms with van der Waals surface area (Å²) in [6.07, 6.45) is 1.77. The van der Waals surface area contributed by atoms with E-state index < -0.39 is 0 Å². The van der Waals surface area contributed by atoms with E-state index in [0.29, 0.717) is 12.1 Å². The molecule has 0 saturated heterocycles. The van der Waals surface area contributed by atoms with Gasteiger partial charge in [0, 0.05) is 34.9 Å². The van der Waals surface area contributed by atoms with Gasteiger partial charge in [-0.05, 0) is 31.2 Å². The maximum atomic E-state index is 11.9. The molecule has 1 aromatic carbocycles. The van der Waals surface area contributed by atoms with Crippen molar-refractivity contribution in [1.82, 2.24) is 15.1 Å². The predicted molar refractivity (Wildman–Crippen MR) is 73.3 cm³/mol. The average molecular weight is 308 g/mol. The van der Waals surface area contributed by atoms with Crippen LogP contribution in [0.15, 0.2) is 34.9 Å². The summed E-state index contributed by atoms with van der Waals surface area (Å²) in [6.45, 7) is 2.47. The lowest BCUT2D eigenvalue weighted by molar-refractivity contribution is 0.0951. The minimum Gasteiger partial charge on any atom is -0.348 e. The number of hydrogen-bond donors (Lipinski definition) is 1. The number of carbonyl (C=O) groups is 1. The summed E-state index contributed by atoms with van der Waals surface area (Å²) in [5, 5.41) is 7.02. The molecule has 0 bridgehead atoms. The fraction of sp³-hybridized carbons (Fsp3) is 0.231. The molecule has 94 valence electrons. The van der Waals surface area contributed by atoms with E-state index in [2.05, 4.69) is 26.3 Å². The third-order valence-corrected chi connectivity index (χ3v) is 3.41. The second kappa shape index (κ2) is 5.35. The minimum atomic E-state index is -0.0780. The van der Waals surface area contributed by atoms with Crippen molar-refractivity contribution in [2.24, 2.45) is 7.05 Å². The first-order chi connectivity index (χ1) is 8.58. The molecule has 1 heterocycles.